The highest BCUT2D eigenvalue weighted by Crippen LogP contribution is 2.33. The number of hydrogen-bond acceptors (Lipinski definition) is 2. The summed E-state index contributed by atoms with van der Waals surface area (Å²) in [4.78, 5) is 12.1. The summed E-state index contributed by atoms with van der Waals surface area (Å²) in [6.45, 7) is 6.79. The fraction of sp³-hybridized carbons (Fsp3) is 0.933. The summed E-state index contributed by atoms with van der Waals surface area (Å²) in [5.41, 5.74) is 0. The van der Waals surface area contributed by atoms with Crippen molar-refractivity contribution in [1.82, 2.24) is 5.32 Å². The van der Waals surface area contributed by atoms with Crippen LogP contribution in [0.5, 0.6) is 0 Å². The summed E-state index contributed by atoms with van der Waals surface area (Å²) < 4.78 is 0. The molecule has 18 heavy (non-hydrogen) atoms. The van der Waals surface area contributed by atoms with Crippen molar-refractivity contribution < 1.29 is 9.90 Å². The zero-order valence-electron chi connectivity index (χ0n) is 12.1. The first-order valence-electron chi connectivity index (χ1n) is 7.45. The Hall–Kier alpha value is -0.570. The molecule has 1 unspecified atom stereocenters. The van der Waals surface area contributed by atoms with Crippen LogP contribution in [-0.2, 0) is 4.79 Å². The lowest BCUT2D eigenvalue weighted by Gasteiger charge is -2.30. The molecule has 3 nitrogen and oxygen atoms in total. The lowest BCUT2D eigenvalue weighted by atomic mass is 9.76. The number of aliphatic hydroxyl groups is 1. The van der Waals surface area contributed by atoms with Gasteiger partial charge in [0.25, 0.3) is 0 Å². The Morgan fingerprint density at radius 2 is 1.83 bits per heavy atom. The van der Waals surface area contributed by atoms with E-state index in [1.54, 1.807) is 0 Å². The molecule has 0 aliphatic heterocycles. The average Bonchev–Trinajstić information content (AvgIpc) is 2.36. The van der Waals surface area contributed by atoms with Crippen molar-refractivity contribution in [2.75, 3.05) is 6.61 Å². The highest BCUT2D eigenvalue weighted by Gasteiger charge is 2.27. The first kappa shape index (κ1) is 15.5. The normalized spacial score (nSPS) is 26.1. The topological polar surface area (TPSA) is 49.3 Å². The molecule has 0 radical (unpaired) electrons. The van der Waals surface area contributed by atoms with Crippen molar-refractivity contribution in [2.45, 2.75) is 65.3 Å². The predicted molar refractivity (Wildman–Crippen MR) is 74.2 cm³/mol. The number of aliphatic hydroxyl groups excluding tert-OH is 1. The SMILES string of the molecule is CC(CCCO)NC(=O)C1CCC(C(C)C)CC1. The molecule has 1 atom stereocenters. The number of carbonyl (C=O) groups excluding carboxylic acids is 1. The Kier molecular flexibility index (Phi) is 6.69. The molecule has 1 fully saturated rings. The zero-order chi connectivity index (χ0) is 13.5. The zero-order valence-corrected chi connectivity index (χ0v) is 12.1. The van der Waals surface area contributed by atoms with Crippen LogP contribution in [0.3, 0.4) is 0 Å². The summed E-state index contributed by atoms with van der Waals surface area (Å²) in [5, 5.41) is 11.8. The van der Waals surface area contributed by atoms with Gasteiger partial charge in [-0.2, -0.15) is 0 Å². The molecule has 0 saturated heterocycles. The van der Waals surface area contributed by atoms with Gasteiger partial charge < -0.3 is 10.4 Å². The van der Waals surface area contributed by atoms with E-state index in [1.165, 1.54) is 12.8 Å². The van der Waals surface area contributed by atoms with Gasteiger partial charge in [-0.15, -0.1) is 0 Å². The molecule has 1 aliphatic carbocycles. The van der Waals surface area contributed by atoms with Crippen LogP contribution in [0, 0.1) is 17.8 Å². The van der Waals surface area contributed by atoms with E-state index < -0.39 is 0 Å². The third-order valence-electron chi connectivity index (χ3n) is 4.27. The molecule has 1 aliphatic rings. The largest absolute Gasteiger partial charge is 0.396 e. The summed E-state index contributed by atoms with van der Waals surface area (Å²) in [5.74, 6) is 2.00. The van der Waals surface area contributed by atoms with Crippen molar-refractivity contribution in [3.63, 3.8) is 0 Å². The van der Waals surface area contributed by atoms with Crippen LogP contribution < -0.4 is 5.32 Å². The highest BCUT2D eigenvalue weighted by atomic mass is 16.2. The van der Waals surface area contributed by atoms with Crippen LogP contribution in [0.2, 0.25) is 0 Å². The lowest BCUT2D eigenvalue weighted by molar-refractivity contribution is -0.127. The molecule has 2 N–H and O–H groups in total. The predicted octanol–water partition coefficient (Wildman–Crippen LogP) is 2.73. The molecule has 0 spiro atoms. The summed E-state index contributed by atoms with van der Waals surface area (Å²) >= 11 is 0. The minimum absolute atomic E-state index is 0.187. The molecule has 0 aromatic rings. The van der Waals surface area contributed by atoms with E-state index in [0.29, 0.717) is 0 Å². The van der Waals surface area contributed by atoms with E-state index in [9.17, 15) is 4.79 Å². The third-order valence-corrected chi connectivity index (χ3v) is 4.27. The molecule has 0 aromatic heterocycles. The third kappa shape index (κ3) is 4.97. The van der Waals surface area contributed by atoms with Gasteiger partial charge in [-0.1, -0.05) is 13.8 Å². The van der Waals surface area contributed by atoms with Gasteiger partial charge in [0, 0.05) is 18.6 Å². The Morgan fingerprint density at radius 1 is 1.22 bits per heavy atom. The van der Waals surface area contributed by atoms with Crippen LogP contribution in [0.25, 0.3) is 0 Å². The van der Waals surface area contributed by atoms with Crippen LogP contribution in [-0.4, -0.2) is 23.7 Å². The quantitative estimate of drug-likeness (QED) is 0.766. The number of hydrogen-bond donors (Lipinski definition) is 2. The molecule has 3 heteroatoms. The minimum atomic E-state index is 0.187. The maximum Gasteiger partial charge on any atom is 0.223 e. The second kappa shape index (κ2) is 7.78. The van der Waals surface area contributed by atoms with E-state index in [-0.39, 0.29) is 24.5 Å². The van der Waals surface area contributed by atoms with Crippen molar-refractivity contribution in [3.05, 3.63) is 0 Å². The van der Waals surface area contributed by atoms with Crippen LogP contribution in [0.4, 0.5) is 0 Å². The maximum atomic E-state index is 12.1. The van der Waals surface area contributed by atoms with Gasteiger partial charge in [-0.25, -0.2) is 0 Å². The smallest absolute Gasteiger partial charge is 0.223 e. The second-order valence-electron chi connectivity index (χ2n) is 6.13. The van der Waals surface area contributed by atoms with Crippen molar-refractivity contribution in [1.29, 1.82) is 0 Å². The summed E-state index contributed by atoms with van der Waals surface area (Å²) in [6.07, 6.45) is 6.11. The average molecular weight is 255 g/mol. The summed E-state index contributed by atoms with van der Waals surface area (Å²) in [6, 6.07) is 0.187. The van der Waals surface area contributed by atoms with Crippen LogP contribution in [0.1, 0.15) is 59.3 Å². The van der Waals surface area contributed by atoms with Gasteiger partial charge in [0.2, 0.25) is 5.91 Å². The maximum absolute atomic E-state index is 12.1. The molecule has 0 bridgehead atoms. The Labute approximate surface area is 111 Å². The number of nitrogens with one attached hydrogen (secondary N) is 1. The van der Waals surface area contributed by atoms with E-state index in [4.69, 9.17) is 5.11 Å². The molecule has 0 heterocycles. The monoisotopic (exact) mass is 255 g/mol. The Bertz CT molecular complexity index is 245. The molecule has 1 saturated carbocycles. The second-order valence-corrected chi connectivity index (χ2v) is 6.13. The summed E-state index contributed by atoms with van der Waals surface area (Å²) in [7, 11) is 0. The molecule has 1 amide bonds. The van der Waals surface area contributed by atoms with Crippen molar-refractivity contribution in [2.24, 2.45) is 17.8 Å². The minimum Gasteiger partial charge on any atom is -0.396 e. The van der Waals surface area contributed by atoms with Crippen molar-refractivity contribution in [3.8, 4) is 0 Å². The van der Waals surface area contributed by atoms with Gasteiger partial charge in [-0.3, -0.25) is 4.79 Å². The highest BCUT2D eigenvalue weighted by molar-refractivity contribution is 5.78. The standard InChI is InChI=1S/C15H29NO2/c1-11(2)13-6-8-14(9-7-13)15(18)16-12(3)5-4-10-17/h11-14,17H,4-10H2,1-3H3,(H,16,18). The number of carbonyl (C=O) groups is 1. The first-order valence-corrected chi connectivity index (χ1v) is 7.45. The van der Waals surface area contributed by atoms with Gasteiger partial charge in [0.15, 0.2) is 0 Å². The Balaban J connectivity index is 2.27. The van der Waals surface area contributed by atoms with E-state index in [0.717, 1.165) is 37.5 Å². The van der Waals surface area contributed by atoms with E-state index in [2.05, 4.69) is 19.2 Å². The molecule has 1 rings (SSSR count). The van der Waals surface area contributed by atoms with Gasteiger partial charge >= 0.3 is 0 Å². The van der Waals surface area contributed by atoms with Gasteiger partial charge in [0.1, 0.15) is 0 Å². The molecular formula is C15H29NO2. The molecule has 0 aromatic carbocycles. The molecular weight excluding hydrogens is 226 g/mol. The fourth-order valence-corrected chi connectivity index (χ4v) is 2.88. The van der Waals surface area contributed by atoms with E-state index in [1.807, 2.05) is 6.92 Å². The lowest BCUT2D eigenvalue weighted by Crippen LogP contribution is -2.39. The van der Waals surface area contributed by atoms with Gasteiger partial charge in [-0.05, 0) is 57.3 Å². The van der Waals surface area contributed by atoms with E-state index >= 15 is 0 Å². The van der Waals surface area contributed by atoms with Crippen LogP contribution in [0.15, 0.2) is 0 Å². The fourth-order valence-electron chi connectivity index (χ4n) is 2.88. The number of rotatable bonds is 6. The van der Waals surface area contributed by atoms with Gasteiger partial charge in [0.05, 0.1) is 0 Å². The van der Waals surface area contributed by atoms with Crippen LogP contribution >= 0.6 is 0 Å². The number of amides is 1. The van der Waals surface area contributed by atoms with Crippen molar-refractivity contribution >= 4 is 5.91 Å². The Morgan fingerprint density at radius 3 is 2.33 bits per heavy atom. The molecule has 106 valence electrons. The first-order chi connectivity index (χ1) is 8.54.